The molecule has 1 aliphatic rings. The smallest absolute Gasteiger partial charge is 0.433 e. The first-order chi connectivity index (χ1) is 18.1. The van der Waals surface area contributed by atoms with Gasteiger partial charge in [0.2, 0.25) is 11.8 Å². The molecule has 38 heavy (non-hydrogen) atoms. The number of nitrogens with two attached hydrogens (primary N) is 2. The van der Waals surface area contributed by atoms with Gasteiger partial charge < -0.3 is 26.2 Å². The second kappa shape index (κ2) is 10.9. The van der Waals surface area contributed by atoms with Crippen molar-refractivity contribution in [2.24, 2.45) is 5.73 Å². The van der Waals surface area contributed by atoms with Gasteiger partial charge in [-0.15, -0.1) is 0 Å². The van der Waals surface area contributed by atoms with Crippen molar-refractivity contribution in [3.05, 3.63) is 65.9 Å². The van der Waals surface area contributed by atoms with Crippen molar-refractivity contribution in [2.75, 3.05) is 25.4 Å². The molecule has 0 saturated carbocycles. The average Bonchev–Trinajstić information content (AvgIpc) is 3.24. The van der Waals surface area contributed by atoms with Crippen LogP contribution in [0.2, 0.25) is 0 Å². The number of hydrogen-bond donors (Lipinski definition) is 3. The third kappa shape index (κ3) is 5.78. The summed E-state index contributed by atoms with van der Waals surface area (Å²) in [7, 11) is 0. The molecular weight excluding hydrogens is 505 g/mol. The molecule has 0 bridgehead atoms. The molecule has 0 radical (unpaired) electrons. The van der Waals surface area contributed by atoms with Crippen LogP contribution in [0, 0.1) is 0 Å². The fourth-order valence-electron chi connectivity index (χ4n) is 4.22. The summed E-state index contributed by atoms with van der Waals surface area (Å²) >= 11 is 0. The lowest BCUT2D eigenvalue weighted by atomic mass is 10.1. The summed E-state index contributed by atoms with van der Waals surface area (Å²) in [6, 6.07) is 9.14. The summed E-state index contributed by atoms with van der Waals surface area (Å²) < 4.78 is 45.7. The topological polar surface area (TPSA) is 150 Å². The number of ether oxygens (including phenoxy) is 1. The number of nitrogens with zero attached hydrogens (tertiary/aromatic N) is 4. The zero-order valence-electron chi connectivity index (χ0n) is 20.1. The Morgan fingerprint density at radius 2 is 1.92 bits per heavy atom. The molecule has 200 valence electrons. The number of nitrogen functional groups attached to an aromatic ring is 1. The third-order valence-electron chi connectivity index (χ3n) is 5.98. The summed E-state index contributed by atoms with van der Waals surface area (Å²) in [6.45, 7) is 0.583. The molecule has 1 fully saturated rings. The molecule has 1 aliphatic heterocycles. The van der Waals surface area contributed by atoms with E-state index in [4.69, 9.17) is 21.3 Å². The Morgan fingerprint density at radius 3 is 2.58 bits per heavy atom. The molecule has 1 aromatic carbocycles. The lowest BCUT2D eigenvalue weighted by molar-refractivity contribution is -0.141. The normalized spacial score (nSPS) is 16.1. The number of carbonyl (C=O) groups excluding carboxylic acids is 2. The van der Waals surface area contributed by atoms with Crippen LogP contribution in [0.15, 0.2) is 54.6 Å². The zero-order chi connectivity index (χ0) is 27.4. The minimum Gasteiger partial charge on any atom is -0.439 e. The number of carbonyl (C=O) groups is 2. The van der Waals surface area contributed by atoms with Crippen LogP contribution in [0.1, 0.15) is 34.9 Å². The first kappa shape index (κ1) is 26.7. The number of aliphatic hydroxyl groups excluding tert-OH is 1. The van der Waals surface area contributed by atoms with Gasteiger partial charge in [0.15, 0.2) is 0 Å². The highest BCUT2D eigenvalue weighted by atomic mass is 19.4. The number of alkyl halides is 3. The van der Waals surface area contributed by atoms with Crippen LogP contribution in [-0.4, -0.2) is 56.3 Å². The van der Waals surface area contributed by atoms with Gasteiger partial charge in [-0.25, -0.2) is 9.67 Å². The Labute approximate surface area is 215 Å². The van der Waals surface area contributed by atoms with Gasteiger partial charge >= 0.3 is 6.18 Å². The van der Waals surface area contributed by atoms with E-state index in [0.29, 0.717) is 31.5 Å². The van der Waals surface area contributed by atoms with E-state index in [9.17, 15) is 22.8 Å². The van der Waals surface area contributed by atoms with Crippen molar-refractivity contribution in [2.45, 2.75) is 25.1 Å². The Balaban J connectivity index is 1.58. The van der Waals surface area contributed by atoms with Gasteiger partial charge in [-0.05, 0) is 43.2 Å². The third-order valence-corrected chi connectivity index (χ3v) is 5.98. The lowest BCUT2D eigenvalue weighted by Gasteiger charge is -2.32. The number of primary amides is 1. The molecule has 13 heteroatoms. The van der Waals surface area contributed by atoms with Crippen molar-refractivity contribution in [1.29, 1.82) is 0 Å². The quantitative estimate of drug-likeness (QED) is 0.397. The maximum atomic E-state index is 12.9. The standard InChI is InChI=1S/C25H25F3N6O4/c26-25(27,28)18-5-1-6-19(31-18)38-17-10-8-15(9-11-17)22-21(24(30)37)23(29)34(32-22)16-4-2-12-33(14-16)20(36)7-3-13-35/h1,3,5-11,16,35H,2,4,12-14,29H2,(H2,30,37)/b7-3+/t16-/m1/s1. The number of piperidine rings is 1. The molecule has 1 atom stereocenters. The maximum absolute atomic E-state index is 12.9. The number of aliphatic hydroxyl groups is 1. The number of pyridine rings is 1. The second-order valence-corrected chi connectivity index (χ2v) is 8.57. The Hall–Kier alpha value is -4.39. The van der Waals surface area contributed by atoms with Crippen molar-refractivity contribution >= 4 is 17.6 Å². The van der Waals surface area contributed by atoms with Crippen LogP contribution in [-0.2, 0) is 11.0 Å². The van der Waals surface area contributed by atoms with E-state index in [-0.39, 0.29) is 47.3 Å². The molecule has 10 nitrogen and oxygen atoms in total. The highest BCUT2D eigenvalue weighted by molar-refractivity contribution is 6.03. The van der Waals surface area contributed by atoms with E-state index in [1.807, 2.05) is 0 Å². The van der Waals surface area contributed by atoms with Gasteiger partial charge in [-0.2, -0.15) is 18.3 Å². The summed E-state index contributed by atoms with van der Waals surface area (Å²) in [4.78, 5) is 29.7. The Bertz CT molecular complexity index is 1350. The molecule has 2 aromatic heterocycles. The van der Waals surface area contributed by atoms with E-state index in [1.165, 1.54) is 41.1 Å². The lowest BCUT2D eigenvalue weighted by Crippen LogP contribution is -2.40. The summed E-state index contributed by atoms with van der Waals surface area (Å²) in [5.41, 5.74) is 11.5. The van der Waals surface area contributed by atoms with Crippen LogP contribution in [0.3, 0.4) is 0 Å². The number of likely N-dealkylation sites (tertiary alicyclic amines) is 1. The zero-order valence-corrected chi connectivity index (χ0v) is 20.1. The van der Waals surface area contributed by atoms with Crippen molar-refractivity contribution in [3.8, 4) is 22.9 Å². The SMILES string of the molecule is NC(=O)c1c(-c2ccc(Oc3cccc(C(F)(F)F)n3)cc2)nn([C@@H]2CCCN(C(=O)/C=C/CO)C2)c1N. The van der Waals surface area contributed by atoms with Gasteiger partial charge in [-0.1, -0.05) is 12.1 Å². The molecule has 1 saturated heterocycles. The van der Waals surface area contributed by atoms with Crippen LogP contribution < -0.4 is 16.2 Å². The Kier molecular flexibility index (Phi) is 7.67. The molecule has 0 spiro atoms. The average molecular weight is 531 g/mol. The van der Waals surface area contributed by atoms with E-state index in [1.54, 1.807) is 17.0 Å². The van der Waals surface area contributed by atoms with Crippen LogP contribution in [0.25, 0.3) is 11.3 Å². The molecule has 4 rings (SSSR count). The van der Waals surface area contributed by atoms with E-state index in [2.05, 4.69) is 10.1 Å². The van der Waals surface area contributed by atoms with Gasteiger partial charge in [-0.3, -0.25) is 9.59 Å². The van der Waals surface area contributed by atoms with Crippen molar-refractivity contribution < 1.29 is 32.6 Å². The molecule has 5 N–H and O–H groups in total. The monoisotopic (exact) mass is 530 g/mol. The number of halogens is 3. The van der Waals surface area contributed by atoms with Crippen molar-refractivity contribution in [3.63, 3.8) is 0 Å². The fraction of sp³-hybridized carbons (Fsp3) is 0.280. The van der Waals surface area contributed by atoms with Gasteiger partial charge in [0.1, 0.15) is 28.5 Å². The van der Waals surface area contributed by atoms with Gasteiger partial charge in [0.05, 0.1) is 12.6 Å². The molecule has 0 unspecified atom stereocenters. The number of amides is 2. The Morgan fingerprint density at radius 1 is 1.18 bits per heavy atom. The maximum Gasteiger partial charge on any atom is 0.433 e. The molecule has 0 aliphatic carbocycles. The molecule has 2 amide bonds. The first-order valence-corrected chi connectivity index (χ1v) is 11.6. The largest absolute Gasteiger partial charge is 0.439 e. The molecule has 3 aromatic rings. The van der Waals surface area contributed by atoms with E-state index in [0.717, 1.165) is 6.07 Å². The number of anilines is 1. The number of rotatable bonds is 7. The number of hydrogen-bond acceptors (Lipinski definition) is 7. The predicted octanol–water partition coefficient (Wildman–Crippen LogP) is 3.15. The fourth-order valence-corrected chi connectivity index (χ4v) is 4.22. The number of benzene rings is 1. The predicted molar refractivity (Wildman–Crippen MR) is 131 cm³/mol. The van der Waals surface area contributed by atoms with Crippen LogP contribution in [0.5, 0.6) is 11.6 Å². The summed E-state index contributed by atoms with van der Waals surface area (Å²) in [6.07, 6.45) is -0.610. The van der Waals surface area contributed by atoms with E-state index >= 15 is 0 Å². The summed E-state index contributed by atoms with van der Waals surface area (Å²) in [5.74, 6) is -0.996. The number of aromatic nitrogens is 3. The molecule has 3 heterocycles. The highest BCUT2D eigenvalue weighted by Gasteiger charge is 2.33. The minimum atomic E-state index is -4.61. The summed E-state index contributed by atoms with van der Waals surface area (Å²) in [5, 5.41) is 13.5. The van der Waals surface area contributed by atoms with E-state index < -0.39 is 17.8 Å². The first-order valence-electron chi connectivity index (χ1n) is 11.6. The minimum absolute atomic E-state index is 0.0156. The second-order valence-electron chi connectivity index (χ2n) is 8.57. The molecular formula is C25H25F3N6O4. The van der Waals surface area contributed by atoms with Crippen LogP contribution in [0.4, 0.5) is 19.0 Å². The highest BCUT2D eigenvalue weighted by Crippen LogP contribution is 2.34. The van der Waals surface area contributed by atoms with Crippen molar-refractivity contribution in [1.82, 2.24) is 19.7 Å². The van der Waals surface area contributed by atoms with Crippen LogP contribution >= 0.6 is 0 Å². The van der Waals surface area contributed by atoms with Gasteiger partial charge in [0.25, 0.3) is 5.91 Å². The van der Waals surface area contributed by atoms with Gasteiger partial charge in [0, 0.05) is 30.8 Å².